The lowest BCUT2D eigenvalue weighted by atomic mass is 9.85. The highest BCUT2D eigenvalue weighted by Gasteiger charge is 2.45. The molecule has 420 valence electrons. The lowest BCUT2D eigenvalue weighted by Crippen LogP contribution is -2.57. The van der Waals surface area contributed by atoms with Gasteiger partial charge in [-0.3, -0.25) is 29.2 Å². The summed E-state index contributed by atoms with van der Waals surface area (Å²) in [6.07, 6.45) is 2.04. The summed E-state index contributed by atoms with van der Waals surface area (Å²) in [5, 5.41) is 25.3. The number of amides is 4. The van der Waals surface area contributed by atoms with Crippen LogP contribution in [0.2, 0.25) is 0 Å². The molecule has 4 atom stereocenters. The monoisotopic (exact) mass is 1120 g/mol. The number of para-hydroxylation sites is 1. The molecule has 0 spiro atoms. The number of hydrogen-bond donors (Lipinski definition) is 4. The molecule has 0 unspecified atom stereocenters. The number of β-amino-alcohol motifs (C(OH)–C–C–N with tert-alkyl or cyclic N) is 1. The van der Waals surface area contributed by atoms with Crippen LogP contribution in [0.4, 0.5) is 10.9 Å². The number of pyridine rings is 1. The maximum atomic E-state index is 14.3. The minimum Gasteiger partial charge on any atom is -0.455 e. The Morgan fingerprint density at radius 3 is 2.34 bits per heavy atom. The van der Waals surface area contributed by atoms with Crippen molar-refractivity contribution in [1.29, 1.82) is 0 Å². The maximum absolute atomic E-state index is 14.3. The van der Waals surface area contributed by atoms with Crippen LogP contribution in [0.25, 0.3) is 31.8 Å². The summed E-state index contributed by atoms with van der Waals surface area (Å²) in [6.45, 7) is 20.4. The molecule has 0 bridgehead atoms. The third kappa shape index (κ3) is 13.0. The molecule has 3 aromatic carbocycles. The molecule has 4 aromatic heterocycles. The van der Waals surface area contributed by atoms with Crippen molar-refractivity contribution in [3.05, 3.63) is 129 Å². The van der Waals surface area contributed by atoms with Crippen LogP contribution in [0.15, 0.2) is 84.4 Å². The number of unbranched alkanes of at least 4 members (excludes halogenated alkanes) is 2. The Labute approximate surface area is 475 Å². The fraction of sp³-hybridized carbons (Fsp3) is 0.426. The van der Waals surface area contributed by atoms with E-state index in [4.69, 9.17) is 14.8 Å². The summed E-state index contributed by atoms with van der Waals surface area (Å²) < 4.78 is 8.88. The number of anilines is 2. The highest BCUT2D eigenvalue weighted by molar-refractivity contribution is 7.22. The fourth-order valence-corrected chi connectivity index (χ4v) is 12.3. The average molecular weight is 1120 g/mol. The first-order chi connectivity index (χ1) is 38.0. The molecule has 4 N–H and O–H groups in total. The van der Waals surface area contributed by atoms with Crippen LogP contribution in [0.5, 0.6) is 0 Å². The Bertz CT molecular complexity index is 3410. The Hall–Kier alpha value is -7.35. The molecule has 2 aliphatic heterocycles. The van der Waals surface area contributed by atoms with E-state index in [1.807, 2.05) is 158 Å². The van der Waals surface area contributed by atoms with Gasteiger partial charge in [-0.15, -0.1) is 11.3 Å². The van der Waals surface area contributed by atoms with Gasteiger partial charge in [0.25, 0.3) is 5.91 Å². The summed E-state index contributed by atoms with van der Waals surface area (Å²) >= 11 is 3.00. The van der Waals surface area contributed by atoms with Crippen LogP contribution in [-0.2, 0) is 38.6 Å². The van der Waals surface area contributed by atoms with Gasteiger partial charge < -0.3 is 30.3 Å². The molecule has 0 aliphatic carbocycles. The number of rotatable bonds is 17. The maximum Gasteiger partial charge on any atom is 0.358 e. The van der Waals surface area contributed by atoms with Gasteiger partial charge in [-0.25, -0.2) is 19.7 Å². The molecule has 7 aromatic rings. The van der Waals surface area contributed by atoms with Gasteiger partial charge in [0.05, 0.1) is 44.1 Å². The molecule has 9 rings (SSSR count). The molecule has 0 radical (unpaired) electrons. The molecule has 1 saturated heterocycles. The third-order valence-corrected chi connectivity index (χ3v) is 16.7. The van der Waals surface area contributed by atoms with Crippen LogP contribution < -0.4 is 20.9 Å². The predicted molar refractivity (Wildman–Crippen MR) is 314 cm³/mol. The van der Waals surface area contributed by atoms with Crippen molar-refractivity contribution < 1.29 is 33.8 Å². The van der Waals surface area contributed by atoms with E-state index < -0.39 is 41.1 Å². The second-order valence-corrected chi connectivity index (χ2v) is 25.0. The molecule has 4 amide bonds. The largest absolute Gasteiger partial charge is 0.455 e. The third-order valence-electron chi connectivity index (χ3n) is 14.8. The zero-order valence-corrected chi connectivity index (χ0v) is 48.9. The summed E-state index contributed by atoms with van der Waals surface area (Å²) in [6, 6.07) is 23.1. The second kappa shape index (κ2) is 23.8. The van der Waals surface area contributed by atoms with E-state index >= 15 is 0 Å². The van der Waals surface area contributed by atoms with E-state index in [9.17, 15) is 29.1 Å². The number of nitrogens with one attached hydrogen (secondary N) is 3. The smallest absolute Gasteiger partial charge is 0.358 e. The summed E-state index contributed by atoms with van der Waals surface area (Å²) in [7, 11) is 0. The molecule has 0 saturated carbocycles. The van der Waals surface area contributed by atoms with Crippen molar-refractivity contribution in [1.82, 2.24) is 40.3 Å². The van der Waals surface area contributed by atoms with Crippen LogP contribution in [0.3, 0.4) is 0 Å². The van der Waals surface area contributed by atoms with Crippen LogP contribution in [-0.4, -0.2) is 101 Å². The zero-order chi connectivity index (χ0) is 57.2. The molecule has 1 fully saturated rings. The number of likely N-dealkylation sites (tertiary alicyclic amines) is 1. The first-order valence-electron chi connectivity index (χ1n) is 27.4. The predicted octanol–water partition coefficient (Wildman–Crippen LogP) is 10.3. The van der Waals surface area contributed by atoms with Crippen molar-refractivity contribution in [2.24, 2.45) is 5.41 Å². The van der Waals surface area contributed by atoms with E-state index in [0.29, 0.717) is 67.4 Å². The minimum atomic E-state index is -0.933. The number of benzene rings is 3. The zero-order valence-electron chi connectivity index (χ0n) is 47.3. The van der Waals surface area contributed by atoms with Gasteiger partial charge in [0.1, 0.15) is 23.5 Å². The lowest BCUT2D eigenvalue weighted by molar-refractivity contribution is -0.144. The normalized spacial score (nSPS) is 16.3. The van der Waals surface area contributed by atoms with Gasteiger partial charge in [-0.1, -0.05) is 87.1 Å². The average Bonchev–Trinajstić information content (AvgIpc) is 4.25. The number of esters is 1. The van der Waals surface area contributed by atoms with Crippen LogP contribution in [0, 0.1) is 26.2 Å². The number of thiazole rings is 2. The van der Waals surface area contributed by atoms with Gasteiger partial charge in [0.2, 0.25) is 17.7 Å². The first-order valence-corrected chi connectivity index (χ1v) is 29.1. The number of hydrogen-bond acceptors (Lipinski definition) is 14. The standard InChI is InChI=1S/C61H72N10O7S2/c1-35(39-22-24-41(25-23-39)53-37(3)62-34-79-53)63-56(75)47-31-42(72)32-70(47)57(76)54(60(5,6)7)66-50(73)21-12-11-15-29-71-38(4)51(36(2)68-71)44-26-27-49(65-52(44)58(77)78-61(8,9)10)69-30-28-40-17-16-18-43(45(40)33-69)55(74)67-59-64-46-19-13-14-20-48(46)80-59/h13-14,16-20,22-27,34-35,42,47,54,72H,11-12,15,21,28-33H2,1-10H3,(H,63,75)(H,66,73)(H,64,67,74)/t35-,42+,47-,54+/m0/s1. The fourth-order valence-electron chi connectivity index (χ4n) is 10.7. The van der Waals surface area contributed by atoms with Crippen LogP contribution >= 0.6 is 22.7 Å². The van der Waals surface area contributed by atoms with Gasteiger partial charge in [0, 0.05) is 61.4 Å². The van der Waals surface area contributed by atoms with Crippen molar-refractivity contribution in [2.75, 3.05) is 23.3 Å². The Balaban J connectivity index is 0.818. The van der Waals surface area contributed by atoms with Gasteiger partial charge >= 0.3 is 5.97 Å². The number of ether oxygens (including phenoxy) is 1. The Kier molecular flexibility index (Phi) is 17.0. The number of aryl methyl sites for hydroxylation is 3. The highest BCUT2D eigenvalue weighted by atomic mass is 32.1. The van der Waals surface area contributed by atoms with Crippen LogP contribution in [0.1, 0.15) is 141 Å². The minimum absolute atomic E-state index is 0.0140. The molecular weight excluding hydrogens is 1050 g/mol. The van der Waals surface area contributed by atoms with Crippen molar-refractivity contribution in [3.63, 3.8) is 0 Å². The number of aliphatic hydroxyl groups excluding tert-OH is 1. The molecule has 80 heavy (non-hydrogen) atoms. The first kappa shape index (κ1) is 57.3. The number of fused-ring (bicyclic) bond motifs is 2. The number of aromatic nitrogens is 5. The van der Waals surface area contributed by atoms with Crippen molar-refractivity contribution in [3.8, 4) is 21.6 Å². The lowest BCUT2D eigenvalue weighted by Gasteiger charge is -2.35. The molecule has 17 nitrogen and oxygen atoms in total. The summed E-state index contributed by atoms with van der Waals surface area (Å²) in [5.41, 5.74) is 9.74. The number of aliphatic hydroxyl groups is 1. The highest BCUT2D eigenvalue weighted by Crippen LogP contribution is 2.36. The summed E-state index contributed by atoms with van der Waals surface area (Å²) in [4.78, 5) is 88.3. The Morgan fingerprint density at radius 2 is 1.62 bits per heavy atom. The molecule has 6 heterocycles. The van der Waals surface area contributed by atoms with E-state index in [1.54, 1.807) is 11.3 Å². The van der Waals surface area contributed by atoms with Gasteiger partial charge in [-0.05, 0) is 126 Å². The Morgan fingerprint density at radius 1 is 0.863 bits per heavy atom. The van der Waals surface area contributed by atoms with E-state index in [1.165, 1.54) is 16.2 Å². The molecule has 2 aliphatic rings. The molecule has 19 heteroatoms. The van der Waals surface area contributed by atoms with Gasteiger partial charge in [-0.2, -0.15) is 5.10 Å². The van der Waals surface area contributed by atoms with E-state index in [0.717, 1.165) is 60.0 Å². The SMILES string of the molecule is Cc1ncsc1-c1ccc([C@H](C)NC(=O)[C@@H]2C[C@@H](O)CN2C(=O)[C@@H](NC(=O)CCCCCn2nc(C)c(-c3ccc(N4CCc5cccc(C(=O)Nc6nc7ccccc7s6)c5C4)nc3C(=O)OC(C)(C)C)c2C)C(C)(C)C)cc1. The number of carbonyl (C=O) groups excluding carboxylic acids is 5. The van der Waals surface area contributed by atoms with E-state index in [2.05, 4.69) is 30.8 Å². The second-order valence-electron chi connectivity index (χ2n) is 23.1. The van der Waals surface area contributed by atoms with Crippen molar-refractivity contribution >= 4 is 73.4 Å². The topological polar surface area (TPSA) is 214 Å². The number of nitrogens with zero attached hydrogens (tertiary/aromatic N) is 7. The van der Waals surface area contributed by atoms with Gasteiger partial charge in [0.15, 0.2) is 10.8 Å². The number of carbonyl (C=O) groups is 5. The quantitative estimate of drug-likeness (QED) is 0.0495. The summed E-state index contributed by atoms with van der Waals surface area (Å²) in [5.74, 6) is -1.26. The van der Waals surface area contributed by atoms with Crippen molar-refractivity contribution in [2.45, 2.75) is 151 Å². The molecular formula is C61H72N10O7S2. The van der Waals surface area contributed by atoms with E-state index in [-0.39, 0.29) is 48.8 Å².